The van der Waals surface area contributed by atoms with Crippen molar-refractivity contribution in [2.75, 3.05) is 26.3 Å². The molecule has 4 rings (SSSR count). The van der Waals surface area contributed by atoms with Gasteiger partial charge in [-0.05, 0) is 48.8 Å². The Morgan fingerprint density at radius 3 is 2.53 bits per heavy atom. The van der Waals surface area contributed by atoms with Gasteiger partial charge >= 0.3 is 0 Å². The normalized spacial score (nSPS) is 18.5. The zero-order valence-electron chi connectivity index (χ0n) is 18.5. The maximum Gasteiger partial charge on any atom is 0.243 e. The van der Waals surface area contributed by atoms with Gasteiger partial charge in [0.1, 0.15) is 13.2 Å². The number of piperidine rings is 1. The number of hydrogen-bond donors (Lipinski definition) is 1. The summed E-state index contributed by atoms with van der Waals surface area (Å²) in [6.45, 7) is 5.80. The van der Waals surface area contributed by atoms with E-state index in [2.05, 4.69) is 25.2 Å². The molecule has 0 radical (unpaired) electrons. The largest absolute Gasteiger partial charge is 0.486 e. The number of rotatable bonds is 7. The molecule has 3 heterocycles. The van der Waals surface area contributed by atoms with E-state index in [4.69, 9.17) is 9.47 Å². The molecule has 1 aromatic carbocycles. The molecular weight excluding hydrogens is 448 g/mol. The summed E-state index contributed by atoms with van der Waals surface area (Å²) in [6, 6.07) is 8.78. The number of carbonyl (C=O) groups excluding carboxylic acids is 1. The first kappa shape index (κ1) is 23.1. The maximum atomic E-state index is 13.1. The van der Waals surface area contributed by atoms with Crippen molar-refractivity contribution in [3.63, 3.8) is 0 Å². The lowest BCUT2D eigenvalue weighted by molar-refractivity contribution is -0.127. The van der Waals surface area contributed by atoms with Crippen LogP contribution in [-0.4, -0.2) is 44.9 Å². The highest BCUT2D eigenvalue weighted by molar-refractivity contribution is 7.89. The van der Waals surface area contributed by atoms with Crippen LogP contribution < -0.4 is 14.8 Å². The van der Waals surface area contributed by atoms with E-state index in [9.17, 15) is 13.2 Å². The molecule has 0 saturated carbocycles. The van der Waals surface area contributed by atoms with Crippen LogP contribution in [0.4, 0.5) is 0 Å². The molecule has 0 bridgehead atoms. The van der Waals surface area contributed by atoms with Gasteiger partial charge in [-0.2, -0.15) is 4.31 Å². The van der Waals surface area contributed by atoms with Gasteiger partial charge in [0.05, 0.1) is 10.9 Å². The van der Waals surface area contributed by atoms with Crippen LogP contribution in [0, 0.1) is 11.8 Å². The molecular formula is C23H30N2O5S2. The van der Waals surface area contributed by atoms with E-state index in [0.717, 1.165) is 11.3 Å². The number of amides is 1. The highest BCUT2D eigenvalue weighted by Gasteiger charge is 2.33. The number of fused-ring (bicyclic) bond motifs is 1. The minimum atomic E-state index is -3.65. The van der Waals surface area contributed by atoms with Crippen molar-refractivity contribution in [3.8, 4) is 11.5 Å². The Labute approximate surface area is 193 Å². The molecule has 1 atom stereocenters. The van der Waals surface area contributed by atoms with Crippen molar-refractivity contribution in [1.82, 2.24) is 9.62 Å². The first-order valence-corrected chi connectivity index (χ1v) is 13.4. The average Bonchev–Trinajstić information content (AvgIpc) is 3.33. The minimum Gasteiger partial charge on any atom is -0.486 e. The summed E-state index contributed by atoms with van der Waals surface area (Å²) in [4.78, 5) is 14.3. The van der Waals surface area contributed by atoms with E-state index >= 15 is 0 Å². The molecule has 32 heavy (non-hydrogen) atoms. The van der Waals surface area contributed by atoms with Crippen LogP contribution in [0.3, 0.4) is 0 Å². The quantitative estimate of drug-likeness (QED) is 0.654. The van der Waals surface area contributed by atoms with E-state index in [0.29, 0.717) is 56.6 Å². The van der Waals surface area contributed by atoms with Crippen LogP contribution in [0.2, 0.25) is 0 Å². The third-order valence-corrected chi connectivity index (χ3v) is 8.77. The SMILES string of the molecule is CC(C)C[C@@H](NC(=O)C1CCN(S(=O)(=O)c2ccc3c(c2)OCCO3)CC1)c1cccs1. The van der Waals surface area contributed by atoms with Gasteiger partial charge in [0.2, 0.25) is 15.9 Å². The van der Waals surface area contributed by atoms with E-state index < -0.39 is 10.0 Å². The fourth-order valence-electron chi connectivity index (χ4n) is 4.19. The molecule has 1 fully saturated rings. The smallest absolute Gasteiger partial charge is 0.243 e. The molecule has 7 nitrogen and oxygen atoms in total. The van der Waals surface area contributed by atoms with Crippen LogP contribution >= 0.6 is 11.3 Å². The summed E-state index contributed by atoms with van der Waals surface area (Å²) in [5.74, 6) is 1.31. The second kappa shape index (κ2) is 9.80. The number of nitrogens with one attached hydrogen (secondary N) is 1. The average molecular weight is 479 g/mol. The molecule has 2 aliphatic heterocycles. The molecule has 1 aromatic heterocycles. The summed E-state index contributed by atoms with van der Waals surface area (Å²) in [7, 11) is -3.65. The molecule has 0 unspecified atom stereocenters. The lowest BCUT2D eigenvalue weighted by Gasteiger charge is -2.32. The summed E-state index contributed by atoms with van der Waals surface area (Å²) in [5.41, 5.74) is 0. The molecule has 2 aromatic rings. The van der Waals surface area contributed by atoms with Gasteiger partial charge < -0.3 is 14.8 Å². The first-order valence-electron chi connectivity index (χ1n) is 11.1. The Kier molecular flexibility index (Phi) is 7.07. The van der Waals surface area contributed by atoms with Crippen LogP contribution in [0.15, 0.2) is 40.6 Å². The molecule has 174 valence electrons. The molecule has 0 aliphatic carbocycles. The third-order valence-electron chi connectivity index (χ3n) is 5.89. The van der Waals surface area contributed by atoms with Crippen molar-refractivity contribution in [1.29, 1.82) is 0 Å². The lowest BCUT2D eigenvalue weighted by Crippen LogP contribution is -2.43. The highest BCUT2D eigenvalue weighted by atomic mass is 32.2. The monoisotopic (exact) mass is 478 g/mol. The van der Waals surface area contributed by atoms with Gasteiger partial charge in [-0.3, -0.25) is 4.79 Å². The van der Waals surface area contributed by atoms with E-state index in [1.165, 1.54) is 10.4 Å². The van der Waals surface area contributed by atoms with Gasteiger partial charge in [-0.25, -0.2) is 8.42 Å². The highest BCUT2D eigenvalue weighted by Crippen LogP contribution is 2.34. The zero-order valence-corrected chi connectivity index (χ0v) is 20.1. The standard InChI is InChI=1S/C23H30N2O5S2/c1-16(2)14-19(22-4-3-13-31-22)24-23(26)17-7-9-25(10-8-17)32(27,28)18-5-6-20-21(15-18)30-12-11-29-20/h3-6,13,15-17,19H,7-12,14H2,1-2H3,(H,24,26)/t19-/m1/s1. The maximum absolute atomic E-state index is 13.1. The summed E-state index contributed by atoms with van der Waals surface area (Å²) in [5, 5.41) is 5.24. The predicted octanol–water partition coefficient (Wildman–Crippen LogP) is 3.82. The van der Waals surface area contributed by atoms with Crippen molar-refractivity contribution in [2.45, 2.75) is 44.0 Å². The van der Waals surface area contributed by atoms with E-state index in [1.54, 1.807) is 23.5 Å². The van der Waals surface area contributed by atoms with Crippen LogP contribution in [0.25, 0.3) is 0 Å². The van der Waals surface area contributed by atoms with Gasteiger partial charge in [0.25, 0.3) is 0 Å². The van der Waals surface area contributed by atoms with Crippen molar-refractivity contribution < 1.29 is 22.7 Å². The van der Waals surface area contributed by atoms with Gasteiger partial charge in [-0.1, -0.05) is 19.9 Å². The van der Waals surface area contributed by atoms with Crippen LogP contribution in [-0.2, 0) is 14.8 Å². The van der Waals surface area contributed by atoms with E-state index in [1.807, 2.05) is 11.4 Å². The summed E-state index contributed by atoms with van der Waals surface area (Å²) < 4.78 is 38.7. The number of sulfonamides is 1. The zero-order chi connectivity index (χ0) is 22.7. The number of hydrogen-bond acceptors (Lipinski definition) is 6. The van der Waals surface area contributed by atoms with Gasteiger partial charge in [0, 0.05) is 30.0 Å². The number of carbonyl (C=O) groups is 1. The summed E-state index contributed by atoms with van der Waals surface area (Å²) >= 11 is 1.65. The Morgan fingerprint density at radius 1 is 1.16 bits per heavy atom. The van der Waals surface area contributed by atoms with Crippen LogP contribution in [0.5, 0.6) is 11.5 Å². The number of nitrogens with zero attached hydrogens (tertiary/aromatic N) is 1. The van der Waals surface area contributed by atoms with Crippen molar-refractivity contribution >= 4 is 27.3 Å². The third kappa shape index (κ3) is 5.10. The van der Waals surface area contributed by atoms with Crippen molar-refractivity contribution in [3.05, 3.63) is 40.6 Å². The van der Waals surface area contributed by atoms with Gasteiger partial charge in [0.15, 0.2) is 11.5 Å². The second-order valence-electron chi connectivity index (χ2n) is 8.69. The Balaban J connectivity index is 1.38. The molecule has 1 saturated heterocycles. The Bertz CT molecular complexity index is 1030. The topological polar surface area (TPSA) is 84.9 Å². The molecule has 9 heteroatoms. The fraction of sp³-hybridized carbons (Fsp3) is 0.522. The lowest BCUT2D eigenvalue weighted by atomic mass is 9.95. The number of benzene rings is 1. The first-order chi connectivity index (χ1) is 15.3. The molecule has 1 N–H and O–H groups in total. The minimum absolute atomic E-state index is 0.00183. The molecule has 2 aliphatic rings. The second-order valence-corrected chi connectivity index (χ2v) is 11.6. The van der Waals surface area contributed by atoms with Gasteiger partial charge in [-0.15, -0.1) is 11.3 Å². The molecule has 1 amide bonds. The Morgan fingerprint density at radius 2 is 1.88 bits per heavy atom. The van der Waals surface area contributed by atoms with Crippen molar-refractivity contribution in [2.24, 2.45) is 11.8 Å². The van der Waals surface area contributed by atoms with E-state index in [-0.39, 0.29) is 22.8 Å². The fourth-order valence-corrected chi connectivity index (χ4v) is 6.46. The number of thiophene rings is 1. The van der Waals surface area contributed by atoms with Crippen LogP contribution in [0.1, 0.15) is 44.0 Å². The number of ether oxygens (including phenoxy) is 2. The molecule has 0 spiro atoms. The summed E-state index contributed by atoms with van der Waals surface area (Å²) in [6.07, 6.45) is 1.90. The Hall–Kier alpha value is -2.10. The predicted molar refractivity (Wildman–Crippen MR) is 124 cm³/mol.